The molecule has 0 amide bonds. The largest absolute Gasteiger partial charge is 0.465 e. The molecule has 0 aliphatic rings. The molecule has 112 valence electrons. The molecule has 0 aromatic heterocycles. The van der Waals surface area contributed by atoms with Crippen molar-refractivity contribution >= 4 is 40.9 Å². The van der Waals surface area contributed by atoms with Gasteiger partial charge in [0.2, 0.25) is 0 Å². The van der Waals surface area contributed by atoms with Crippen LogP contribution in [0.2, 0.25) is 0 Å². The van der Waals surface area contributed by atoms with Gasteiger partial charge in [-0.3, -0.25) is 0 Å². The number of carbonyl (C=O) groups excluding carboxylic acids is 1. The van der Waals surface area contributed by atoms with Gasteiger partial charge in [-0.15, -0.1) is 23.2 Å². The molecule has 6 heteroatoms. The number of halogens is 2. The zero-order valence-corrected chi connectivity index (χ0v) is 13.2. The molecule has 0 unspecified atom stereocenters. The summed E-state index contributed by atoms with van der Waals surface area (Å²) in [6.45, 7) is 1.41. The van der Waals surface area contributed by atoms with Crippen molar-refractivity contribution in [2.75, 3.05) is 36.9 Å². The summed E-state index contributed by atoms with van der Waals surface area (Å²) < 4.78 is 4.53. The fourth-order valence-corrected chi connectivity index (χ4v) is 2.18. The first kappa shape index (κ1) is 17.4. The lowest BCUT2D eigenvalue weighted by molar-refractivity contribution is -0.135. The number of alkyl halides is 2. The topological polar surface area (TPSA) is 53.3 Å². The Balaban J connectivity index is 2.93. The van der Waals surface area contributed by atoms with E-state index in [1.54, 1.807) is 0 Å². The molecule has 0 radical (unpaired) electrons. The van der Waals surface area contributed by atoms with E-state index in [0.29, 0.717) is 24.8 Å². The molecule has 1 rings (SSSR count). The Morgan fingerprint density at radius 3 is 2.29 bits per heavy atom. The quantitative estimate of drug-likeness (QED) is 0.334. The standard InChI is InChI=1S/C15H16Cl2N2O2/c1-21-15(20)13(11-18)10-12-2-4-14(5-3-12)19(8-6-16)9-7-17/h2-5,10H,6-9H2,1H3/b13-10+. The first-order valence-electron chi connectivity index (χ1n) is 6.33. The Labute approximate surface area is 134 Å². The number of rotatable bonds is 7. The number of hydrogen-bond donors (Lipinski definition) is 0. The summed E-state index contributed by atoms with van der Waals surface area (Å²) in [4.78, 5) is 13.4. The van der Waals surface area contributed by atoms with Crippen LogP contribution in [0.15, 0.2) is 29.8 Å². The third-order valence-electron chi connectivity index (χ3n) is 2.80. The summed E-state index contributed by atoms with van der Waals surface area (Å²) in [5.74, 6) is 0.381. The van der Waals surface area contributed by atoms with Crippen molar-refractivity contribution in [3.05, 3.63) is 35.4 Å². The third-order valence-corrected chi connectivity index (χ3v) is 3.14. The Morgan fingerprint density at radius 2 is 1.86 bits per heavy atom. The second-order valence-electron chi connectivity index (χ2n) is 4.12. The lowest BCUT2D eigenvalue weighted by atomic mass is 10.1. The van der Waals surface area contributed by atoms with Crippen LogP contribution in [0.5, 0.6) is 0 Å². The van der Waals surface area contributed by atoms with Gasteiger partial charge in [0.05, 0.1) is 7.11 Å². The number of methoxy groups -OCH3 is 1. The maximum absolute atomic E-state index is 11.3. The Bertz CT molecular complexity index is 530. The Kier molecular flexibility index (Phi) is 7.66. The first-order chi connectivity index (χ1) is 10.2. The van der Waals surface area contributed by atoms with Gasteiger partial charge in [0.25, 0.3) is 0 Å². The van der Waals surface area contributed by atoms with Crippen LogP contribution in [-0.4, -0.2) is 37.9 Å². The van der Waals surface area contributed by atoms with Crippen molar-refractivity contribution in [1.82, 2.24) is 0 Å². The van der Waals surface area contributed by atoms with Crippen molar-refractivity contribution < 1.29 is 9.53 Å². The first-order valence-corrected chi connectivity index (χ1v) is 7.40. The second kappa shape index (κ2) is 9.28. The van der Waals surface area contributed by atoms with E-state index in [1.165, 1.54) is 13.2 Å². The minimum Gasteiger partial charge on any atom is -0.465 e. The molecule has 4 nitrogen and oxygen atoms in total. The maximum atomic E-state index is 11.3. The summed E-state index contributed by atoms with van der Waals surface area (Å²) >= 11 is 11.5. The summed E-state index contributed by atoms with van der Waals surface area (Å²) in [6, 6.07) is 9.27. The number of esters is 1. The van der Waals surface area contributed by atoms with Crippen LogP contribution >= 0.6 is 23.2 Å². The van der Waals surface area contributed by atoms with E-state index in [-0.39, 0.29) is 5.57 Å². The van der Waals surface area contributed by atoms with Gasteiger partial charge in [0.1, 0.15) is 11.6 Å². The summed E-state index contributed by atoms with van der Waals surface area (Å²) in [5.41, 5.74) is 1.70. The monoisotopic (exact) mass is 326 g/mol. The highest BCUT2D eigenvalue weighted by Crippen LogP contribution is 2.17. The fraction of sp³-hybridized carbons (Fsp3) is 0.333. The summed E-state index contributed by atoms with van der Waals surface area (Å²) in [7, 11) is 1.24. The number of hydrogen-bond acceptors (Lipinski definition) is 4. The predicted octanol–water partition coefficient (Wildman–Crippen LogP) is 3.05. The molecule has 21 heavy (non-hydrogen) atoms. The molecule has 0 saturated heterocycles. The highest BCUT2D eigenvalue weighted by molar-refractivity contribution is 6.18. The number of nitriles is 1. The van der Waals surface area contributed by atoms with Gasteiger partial charge in [-0.2, -0.15) is 5.26 Å². The Hall–Kier alpha value is -1.70. The number of anilines is 1. The SMILES string of the molecule is COC(=O)/C(C#N)=C/c1ccc(N(CCCl)CCCl)cc1. The molecule has 1 aromatic rings. The fourth-order valence-electron chi connectivity index (χ4n) is 1.77. The molecule has 0 N–H and O–H groups in total. The number of benzene rings is 1. The number of nitrogens with zero attached hydrogens (tertiary/aromatic N) is 2. The van der Waals surface area contributed by atoms with Crippen LogP contribution in [0, 0.1) is 11.3 Å². The molecule has 1 aromatic carbocycles. The zero-order valence-electron chi connectivity index (χ0n) is 11.7. The molecule has 0 bridgehead atoms. The van der Waals surface area contributed by atoms with Crippen molar-refractivity contribution in [2.24, 2.45) is 0 Å². The zero-order chi connectivity index (χ0) is 15.7. The van der Waals surface area contributed by atoms with E-state index < -0.39 is 5.97 Å². The van der Waals surface area contributed by atoms with Crippen molar-refractivity contribution in [2.45, 2.75) is 0 Å². The lowest BCUT2D eigenvalue weighted by Crippen LogP contribution is -2.27. The van der Waals surface area contributed by atoms with E-state index in [2.05, 4.69) is 9.64 Å². The Morgan fingerprint density at radius 1 is 1.29 bits per heavy atom. The molecule has 0 aliphatic carbocycles. The molecule has 0 heterocycles. The molecular weight excluding hydrogens is 311 g/mol. The van der Waals surface area contributed by atoms with Crippen LogP contribution < -0.4 is 4.90 Å². The van der Waals surface area contributed by atoms with Gasteiger partial charge in [-0.05, 0) is 23.8 Å². The van der Waals surface area contributed by atoms with Gasteiger partial charge < -0.3 is 9.64 Å². The van der Waals surface area contributed by atoms with Gasteiger partial charge in [-0.25, -0.2) is 4.79 Å². The average Bonchev–Trinajstić information content (AvgIpc) is 2.52. The van der Waals surface area contributed by atoms with Gasteiger partial charge in [0, 0.05) is 30.5 Å². The normalized spacial score (nSPS) is 10.9. The van der Waals surface area contributed by atoms with E-state index in [4.69, 9.17) is 28.5 Å². The van der Waals surface area contributed by atoms with Crippen molar-refractivity contribution in [3.63, 3.8) is 0 Å². The van der Waals surface area contributed by atoms with E-state index in [0.717, 1.165) is 11.3 Å². The van der Waals surface area contributed by atoms with Crippen LogP contribution in [0.3, 0.4) is 0 Å². The second-order valence-corrected chi connectivity index (χ2v) is 4.87. The van der Waals surface area contributed by atoms with Crippen LogP contribution in [0.1, 0.15) is 5.56 Å². The highest BCUT2D eigenvalue weighted by atomic mass is 35.5. The van der Waals surface area contributed by atoms with Crippen LogP contribution in [-0.2, 0) is 9.53 Å². The summed E-state index contributed by atoms with van der Waals surface area (Å²) in [5, 5.41) is 8.91. The maximum Gasteiger partial charge on any atom is 0.348 e. The van der Waals surface area contributed by atoms with Crippen LogP contribution in [0.4, 0.5) is 5.69 Å². The van der Waals surface area contributed by atoms with Gasteiger partial charge >= 0.3 is 5.97 Å². The molecule has 0 atom stereocenters. The average molecular weight is 327 g/mol. The van der Waals surface area contributed by atoms with Crippen molar-refractivity contribution in [3.8, 4) is 6.07 Å². The van der Waals surface area contributed by atoms with Gasteiger partial charge in [0.15, 0.2) is 0 Å². The van der Waals surface area contributed by atoms with Crippen molar-refractivity contribution in [1.29, 1.82) is 5.26 Å². The van der Waals surface area contributed by atoms with E-state index in [9.17, 15) is 4.79 Å². The molecule has 0 spiro atoms. The number of ether oxygens (including phenoxy) is 1. The molecule has 0 saturated carbocycles. The van der Waals surface area contributed by atoms with Gasteiger partial charge in [-0.1, -0.05) is 12.1 Å². The third kappa shape index (κ3) is 5.30. The minimum absolute atomic E-state index is 0.0383. The minimum atomic E-state index is -0.646. The van der Waals surface area contributed by atoms with E-state index >= 15 is 0 Å². The molecular formula is C15H16Cl2N2O2. The lowest BCUT2D eigenvalue weighted by Gasteiger charge is -2.22. The van der Waals surface area contributed by atoms with Crippen LogP contribution in [0.25, 0.3) is 6.08 Å². The number of carbonyl (C=O) groups is 1. The summed E-state index contributed by atoms with van der Waals surface area (Å²) in [6.07, 6.45) is 1.49. The van der Waals surface area contributed by atoms with E-state index in [1.807, 2.05) is 30.3 Å². The highest BCUT2D eigenvalue weighted by Gasteiger charge is 2.09. The smallest absolute Gasteiger partial charge is 0.348 e. The molecule has 0 fully saturated rings. The molecule has 0 aliphatic heterocycles. The predicted molar refractivity (Wildman–Crippen MR) is 85.7 cm³/mol.